The van der Waals surface area contributed by atoms with Crippen LogP contribution in [0.1, 0.15) is 52.3 Å². The van der Waals surface area contributed by atoms with E-state index in [4.69, 9.17) is 4.74 Å². The van der Waals surface area contributed by atoms with Gasteiger partial charge in [0.15, 0.2) is 0 Å². The number of ether oxygens (including phenoxy) is 1. The van der Waals surface area contributed by atoms with Crippen molar-refractivity contribution >= 4 is 12.0 Å². The molecule has 2 atom stereocenters. The molecule has 2 heterocycles. The number of likely N-dealkylation sites (tertiary alicyclic amines) is 1. The van der Waals surface area contributed by atoms with Crippen molar-refractivity contribution < 1.29 is 14.3 Å². The summed E-state index contributed by atoms with van der Waals surface area (Å²) in [6.07, 6.45) is 2.94. The van der Waals surface area contributed by atoms with Gasteiger partial charge in [-0.15, -0.1) is 0 Å². The van der Waals surface area contributed by atoms with Crippen molar-refractivity contribution in [3.8, 4) is 0 Å². The maximum absolute atomic E-state index is 12.5. The minimum atomic E-state index is -0.528. The first kappa shape index (κ1) is 18.2. The van der Waals surface area contributed by atoms with E-state index < -0.39 is 5.60 Å². The maximum Gasteiger partial charge on any atom is 0.410 e. The number of nitrogens with one attached hydrogen (secondary N) is 1. The van der Waals surface area contributed by atoms with Gasteiger partial charge in [0.25, 0.3) is 0 Å². The highest BCUT2D eigenvalue weighted by atomic mass is 16.6. The average Bonchev–Trinajstić information content (AvgIpc) is 2.54. The van der Waals surface area contributed by atoms with E-state index in [2.05, 4.69) is 10.3 Å². The van der Waals surface area contributed by atoms with Crippen LogP contribution in [-0.2, 0) is 9.53 Å². The molecule has 1 aromatic heterocycles. The van der Waals surface area contributed by atoms with Crippen molar-refractivity contribution in [2.75, 3.05) is 13.1 Å². The highest BCUT2D eigenvalue weighted by Crippen LogP contribution is 2.20. The third-order valence-electron chi connectivity index (χ3n) is 3.93. The fourth-order valence-corrected chi connectivity index (χ4v) is 2.72. The lowest BCUT2D eigenvalue weighted by Gasteiger charge is -2.33. The molecule has 0 spiro atoms. The Labute approximate surface area is 143 Å². The van der Waals surface area contributed by atoms with Gasteiger partial charge >= 0.3 is 6.09 Å². The summed E-state index contributed by atoms with van der Waals surface area (Å²) < 4.78 is 5.40. The van der Waals surface area contributed by atoms with Crippen LogP contribution in [0.15, 0.2) is 24.4 Å². The van der Waals surface area contributed by atoms with Gasteiger partial charge in [0.1, 0.15) is 5.60 Å². The van der Waals surface area contributed by atoms with Crippen LogP contribution < -0.4 is 5.32 Å². The molecule has 0 bridgehead atoms. The summed E-state index contributed by atoms with van der Waals surface area (Å²) in [7, 11) is 0. The second kappa shape index (κ2) is 7.64. The number of pyridine rings is 1. The molecule has 1 saturated heterocycles. The molecule has 1 N–H and O–H groups in total. The molecular formula is C18H27N3O3. The van der Waals surface area contributed by atoms with Gasteiger partial charge in [-0.25, -0.2) is 4.79 Å². The third-order valence-corrected chi connectivity index (χ3v) is 3.93. The van der Waals surface area contributed by atoms with Crippen LogP contribution in [0.2, 0.25) is 0 Å². The number of carbonyl (C=O) groups excluding carboxylic acids is 2. The van der Waals surface area contributed by atoms with Crippen LogP contribution >= 0.6 is 0 Å². The van der Waals surface area contributed by atoms with Crippen LogP contribution in [0.5, 0.6) is 0 Å². The number of rotatable bonds is 3. The SMILES string of the molecule is CC(NC(=O)C1CCCN(C(=O)OC(C)(C)C)C1)c1ccccn1. The number of nitrogens with zero attached hydrogens (tertiary/aromatic N) is 2. The Morgan fingerprint density at radius 1 is 1.38 bits per heavy atom. The molecular weight excluding hydrogens is 306 g/mol. The van der Waals surface area contributed by atoms with Crippen LogP contribution in [0.25, 0.3) is 0 Å². The molecule has 2 rings (SSSR count). The number of hydrogen-bond acceptors (Lipinski definition) is 4. The lowest BCUT2D eigenvalue weighted by Crippen LogP contribution is -2.47. The Bertz CT molecular complexity index is 569. The Kier molecular flexibility index (Phi) is 5.80. The molecule has 0 radical (unpaired) electrons. The van der Waals surface area contributed by atoms with Crippen molar-refractivity contribution in [2.45, 2.75) is 52.2 Å². The van der Waals surface area contributed by atoms with E-state index in [0.29, 0.717) is 13.1 Å². The number of carbonyl (C=O) groups is 2. The highest BCUT2D eigenvalue weighted by Gasteiger charge is 2.31. The molecule has 2 amide bonds. The number of hydrogen-bond donors (Lipinski definition) is 1. The fraction of sp³-hybridized carbons (Fsp3) is 0.611. The molecule has 0 aliphatic carbocycles. The van der Waals surface area contributed by atoms with Gasteiger partial charge in [-0.05, 0) is 52.7 Å². The Morgan fingerprint density at radius 2 is 2.12 bits per heavy atom. The van der Waals surface area contributed by atoms with Gasteiger partial charge in [0, 0.05) is 19.3 Å². The largest absolute Gasteiger partial charge is 0.444 e. The lowest BCUT2D eigenvalue weighted by atomic mass is 9.97. The van der Waals surface area contributed by atoms with E-state index in [9.17, 15) is 9.59 Å². The van der Waals surface area contributed by atoms with E-state index >= 15 is 0 Å². The van der Waals surface area contributed by atoms with E-state index in [1.54, 1.807) is 11.1 Å². The molecule has 132 valence electrons. The predicted octanol–water partition coefficient (Wildman–Crippen LogP) is 2.91. The molecule has 6 nitrogen and oxygen atoms in total. The van der Waals surface area contributed by atoms with Gasteiger partial charge in [0.05, 0.1) is 17.7 Å². The van der Waals surface area contributed by atoms with E-state index in [1.165, 1.54) is 0 Å². The Morgan fingerprint density at radius 3 is 2.75 bits per heavy atom. The van der Waals surface area contributed by atoms with Gasteiger partial charge < -0.3 is 15.0 Å². The van der Waals surface area contributed by atoms with E-state index in [1.807, 2.05) is 45.9 Å². The van der Waals surface area contributed by atoms with E-state index in [-0.39, 0.29) is 24.0 Å². The standard InChI is InChI=1S/C18H27N3O3/c1-13(15-9-5-6-10-19-15)20-16(22)14-8-7-11-21(12-14)17(23)24-18(2,3)4/h5-6,9-10,13-14H,7-8,11-12H2,1-4H3,(H,20,22). The summed E-state index contributed by atoms with van der Waals surface area (Å²) in [6.45, 7) is 8.47. The van der Waals surface area contributed by atoms with Gasteiger partial charge in [-0.3, -0.25) is 9.78 Å². The zero-order valence-electron chi connectivity index (χ0n) is 14.9. The zero-order chi connectivity index (χ0) is 17.7. The second-order valence-electron chi connectivity index (χ2n) is 7.25. The van der Waals surface area contributed by atoms with Gasteiger partial charge in [-0.2, -0.15) is 0 Å². The molecule has 0 saturated carbocycles. The number of amides is 2. The minimum Gasteiger partial charge on any atom is -0.444 e. The van der Waals surface area contributed by atoms with Crippen LogP contribution in [0.3, 0.4) is 0 Å². The smallest absolute Gasteiger partial charge is 0.410 e. The van der Waals surface area contributed by atoms with Gasteiger partial charge in [-0.1, -0.05) is 6.07 Å². The van der Waals surface area contributed by atoms with Crippen molar-refractivity contribution in [3.05, 3.63) is 30.1 Å². The van der Waals surface area contributed by atoms with Crippen molar-refractivity contribution in [1.82, 2.24) is 15.2 Å². The summed E-state index contributed by atoms with van der Waals surface area (Å²) in [5.74, 6) is -0.251. The van der Waals surface area contributed by atoms with Crippen LogP contribution in [0, 0.1) is 5.92 Å². The summed E-state index contributed by atoms with van der Waals surface area (Å²) in [6, 6.07) is 5.47. The molecule has 1 fully saturated rings. The lowest BCUT2D eigenvalue weighted by molar-refractivity contribution is -0.127. The summed E-state index contributed by atoms with van der Waals surface area (Å²) in [4.78, 5) is 30.6. The first-order valence-electron chi connectivity index (χ1n) is 8.45. The minimum absolute atomic E-state index is 0.0404. The summed E-state index contributed by atoms with van der Waals surface area (Å²) >= 11 is 0. The summed E-state index contributed by atoms with van der Waals surface area (Å²) in [5.41, 5.74) is 0.297. The normalized spacial score (nSPS) is 19.5. The van der Waals surface area contributed by atoms with Gasteiger partial charge in [0.2, 0.25) is 5.91 Å². The molecule has 6 heteroatoms. The van der Waals surface area contributed by atoms with Crippen LogP contribution in [0.4, 0.5) is 4.79 Å². The zero-order valence-corrected chi connectivity index (χ0v) is 14.9. The number of piperidine rings is 1. The van der Waals surface area contributed by atoms with Crippen molar-refractivity contribution in [3.63, 3.8) is 0 Å². The Balaban J connectivity index is 1.91. The molecule has 24 heavy (non-hydrogen) atoms. The van der Waals surface area contributed by atoms with Crippen molar-refractivity contribution in [1.29, 1.82) is 0 Å². The second-order valence-corrected chi connectivity index (χ2v) is 7.25. The molecule has 1 aliphatic rings. The van der Waals surface area contributed by atoms with E-state index in [0.717, 1.165) is 18.5 Å². The fourth-order valence-electron chi connectivity index (χ4n) is 2.72. The predicted molar refractivity (Wildman–Crippen MR) is 91.3 cm³/mol. The Hall–Kier alpha value is -2.11. The molecule has 1 aromatic rings. The molecule has 0 aromatic carbocycles. The maximum atomic E-state index is 12.5. The number of aromatic nitrogens is 1. The summed E-state index contributed by atoms with van der Waals surface area (Å²) in [5, 5.41) is 2.99. The molecule has 2 unspecified atom stereocenters. The third kappa shape index (κ3) is 5.22. The first-order valence-corrected chi connectivity index (χ1v) is 8.45. The average molecular weight is 333 g/mol. The van der Waals surface area contributed by atoms with Crippen molar-refractivity contribution in [2.24, 2.45) is 5.92 Å². The highest BCUT2D eigenvalue weighted by molar-refractivity contribution is 5.80. The quantitative estimate of drug-likeness (QED) is 0.923. The molecule has 1 aliphatic heterocycles. The monoisotopic (exact) mass is 333 g/mol. The van der Waals surface area contributed by atoms with Crippen LogP contribution in [-0.4, -0.2) is 40.6 Å². The first-order chi connectivity index (χ1) is 11.3. The topological polar surface area (TPSA) is 71.5 Å².